The van der Waals surface area contributed by atoms with Crippen molar-refractivity contribution in [3.05, 3.63) is 28.8 Å². The van der Waals surface area contributed by atoms with Gasteiger partial charge in [-0.05, 0) is 23.5 Å². The Kier molecular flexibility index (Phi) is 4.42. The Morgan fingerprint density at radius 2 is 2.06 bits per heavy atom. The van der Waals surface area contributed by atoms with E-state index >= 15 is 0 Å². The Balaban J connectivity index is 2.84. The van der Waals surface area contributed by atoms with E-state index in [0.29, 0.717) is 16.5 Å². The van der Waals surface area contributed by atoms with E-state index in [1.54, 1.807) is 6.07 Å². The molecule has 0 saturated carbocycles. The summed E-state index contributed by atoms with van der Waals surface area (Å²) in [6.45, 7) is 9.64. The molecule has 0 aromatic heterocycles. The third-order valence-corrected chi connectivity index (χ3v) is 3.74. The molecule has 2 nitrogen and oxygen atoms in total. The van der Waals surface area contributed by atoms with E-state index in [2.05, 4.69) is 39.1 Å². The first-order valence-electron chi connectivity index (χ1n) is 5.81. The molecule has 17 heavy (non-hydrogen) atoms. The molecule has 0 saturated heterocycles. The number of halogens is 1. The molecule has 0 aliphatic heterocycles. The standard InChI is InChI=1S/C14H19ClN2/c1-10(2)14(3,4)9-17-13-7-5-6-12(15)11(13)8-16/h5-7,10,17H,9H2,1-4H3. The van der Waals surface area contributed by atoms with Crippen molar-refractivity contribution in [2.24, 2.45) is 11.3 Å². The van der Waals surface area contributed by atoms with Gasteiger partial charge in [-0.25, -0.2) is 0 Å². The lowest BCUT2D eigenvalue weighted by molar-refractivity contribution is 0.269. The first kappa shape index (κ1) is 13.9. The molecule has 1 rings (SSSR count). The summed E-state index contributed by atoms with van der Waals surface area (Å²) in [6, 6.07) is 7.61. The summed E-state index contributed by atoms with van der Waals surface area (Å²) in [5, 5.41) is 12.9. The van der Waals surface area contributed by atoms with E-state index < -0.39 is 0 Å². The number of anilines is 1. The number of hydrogen-bond donors (Lipinski definition) is 1. The van der Waals surface area contributed by atoms with Gasteiger partial charge in [0, 0.05) is 6.54 Å². The molecule has 1 aromatic carbocycles. The summed E-state index contributed by atoms with van der Waals surface area (Å²) < 4.78 is 0. The number of nitrogens with one attached hydrogen (secondary N) is 1. The second-order valence-electron chi connectivity index (χ2n) is 5.27. The lowest BCUT2D eigenvalue weighted by atomic mass is 9.81. The van der Waals surface area contributed by atoms with Crippen LogP contribution in [0.3, 0.4) is 0 Å². The molecule has 92 valence electrons. The molecule has 0 unspecified atom stereocenters. The van der Waals surface area contributed by atoms with Crippen molar-refractivity contribution >= 4 is 17.3 Å². The molecular weight excluding hydrogens is 232 g/mol. The van der Waals surface area contributed by atoms with E-state index in [9.17, 15) is 0 Å². The Hall–Kier alpha value is -1.20. The minimum absolute atomic E-state index is 0.176. The van der Waals surface area contributed by atoms with Gasteiger partial charge >= 0.3 is 0 Å². The zero-order chi connectivity index (χ0) is 13.1. The summed E-state index contributed by atoms with van der Waals surface area (Å²) >= 11 is 5.98. The maximum Gasteiger partial charge on any atom is 0.103 e. The molecule has 0 spiro atoms. The van der Waals surface area contributed by atoms with Crippen molar-refractivity contribution in [2.75, 3.05) is 11.9 Å². The van der Waals surface area contributed by atoms with Crippen molar-refractivity contribution < 1.29 is 0 Å². The fourth-order valence-corrected chi connectivity index (χ4v) is 1.53. The fraction of sp³-hybridized carbons (Fsp3) is 0.500. The molecule has 1 aromatic rings. The Labute approximate surface area is 109 Å². The van der Waals surface area contributed by atoms with Crippen LogP contribution in [0, 0.1) is 22.7 Å². The fourth-order valence-electron chi connectivity index (χ4n) is 1.31. The lowest BCUT2D eigenvalue weighted by Crippen LogP contribution is -2.28. The van der Waals surface area contributed by atoms with Crippen LogP contribution >= 0.6 is 11.6 Å². The molecular formula is C14H19ClN2. The van der Waals surface area contributed by atoms with Crippen molar-refractivity contribution in [3.63, 3.8) is 0 Å². The molecule has 3 heteroatoms. The normalized spacial score (nSPS) is 11.4. The van der Waals surface area contributed by atoms with E-state index in [-0.39, 0.29) is 5.41 Å². The Morgan fingerprint density at radius 3 is 2.59 bits per heavy atom. The van der Waals surface area contributed by atoms with Gasteiger partial charge in [0.2, 0.25) is 0 Å². The van der Waals surface area contributed by atoms with E-state index in [4.69, 9.17) is 16.9 Å². The summed E-state index contributed by atoms with van der Waals surface area (Å²) in [7, 11) is 0. The molecule has 0 atom stereocenters. The average Bonchev–Trinajstić information content (AvgIpc) is 2.26. The van der Waals surface area contributed by atoms with Crippen LogP contribution in [0.1, 0.15) is 33.3 Å². The highest BCUT2D eigenvalue weighted by Gasteiger charge is 2.22. The summed E-state index contributed by atoms with van der Waals surface area (Å²) in [4.78, 5) is 0. The van der Waals surface area contributed by atoms with Crippen LogP contribution in [0.15, 0.2) is 18.2 Å². The van der Waals surface area contributed by atoms with Gasteiger partial charge in [0.1, 0.15) is 6.07 Å². The minimum Gasteiger partial charge on any atom is -0.383 e. The van der Waals surface area contributed by atoms with Crippen LogP contribution in [0.25, 0.3) is 0 Å². The molecule has 0 fully saturated rings. The van der Waals surface area contributed by atoms with Crippen LogP contribution in [0.2, 0.25) is 5.02 Å². The number of rotatable bonds is 4. The zero-order valence-corrected chi connectivity index (χ0v) is 11.6. The Bertz CT molecular complexity index is 430. The highest BCUT2D eigenvalue weighted by molar-refractivity contribution is 6.32. The van der Waals surface area contributed by atoms with E-state index in [1.165, 1.54) is 0 Å². The van der Waals surface area contributed by atoms with Crippen molar-refractivity contribution in [1.29, 1.82) is 5.26 Å². The van der Waals surface area contributed by atoms with Gasteiger partial charge in [-0.15, -0.1) is 0 Å². The smallest absolute Gasteiger partial charge is 0.103 e. The van der Waals surface area contributed by atoms with Crippen LogP contribution < -0.4 is 5.32 Å². The topological polar surface area (TPSA) is 35.8 Å². The maximum atomic E-state index is 9.06. The largest absolute Gasteiger partial charge is 0.383 e. The molecule has 0 bridgehead atoms. The second-order valence-corrected chi connectivity index (χ2v) is 5.68. The molecule has 0 aliphatic rings. The quantitative estimate of drug-likeness (QED) is 0.865. The molecule has 0 amide bonds. The van der Waals surface area contributed by atoms with Crippen LogP contribution in [-0.4, -0.2) is 6.54 Å². The summed E-state index contributed by atoms with van der Waals surface area (Å²) in [6.07, 6.45) is 0. The number of nitriles is 1. The number of benzene rings is 1. The summed E-state index contributed by atoms with van der Waals surface area (Å²) in [5.74, 6) is 0.569. The zero-order valence-electron chi connectivity index (χ0n) is 10.8. The SMILES string of the molecule is CC(C)C(C)(C)CNc1cccc(Cl)c1C#N. The van der Waals surface area contributed by atoms with Gasteiger partial charge < -0.3 is 5.32 Å². The first-order chi connectivity index (χ1) is 7.88. The first-order valence-corrected chi connectivity index (χ1v) is 6.19. The van der Waals surface area contributed by atoms with Crippen molar-refractivity contribution in [3.8, 4) is 6.07 Å². The number of nitrogens with zero attached hydrogens (tertiary/aromatic N) is 1. The van der Waals surface area contributed by atoms with Gasteiger partial charge in [0.25, 0.3) is 0 Å². The predicted octanol–water partition coefficient (Wildman–Crippen LogP) is 4.31. The highest BCUT2D eigenvalue weighted by Crippen LogP contribution is 2.28. The average molecular weight is 251 g/mol. The lowest BCUT2D eigenvalue weighted by Gasteiger charge is -2.30. The van der Waals surface area contributed by atoms with Crippen LogP contribution in [0.5, 0.6) is 0 Å². The maximum absolute atomic E-state index is 9.06. The van der Waals surface area contributed by atoms with Crippen molar-refractivity contribution in [1.82, 2.24) is 0 Å². The third-order valence-electron chi connectivity index (χ3n) is 3.42. The molecule has 0 heterocycles. The predicted molar refractivity (Wildman–Crippen MR) is 73.3 cm³/mol. The van der Waals surface area contributed by atoms with Crippen LogP contribution in [0.4, 0.5) is 5.69 Å². The molecule has 1 N–H and O–H groups in total. The molecule has 0 aliphatic carbocycles. The van der Waals surface area contributed by atoms with Gasteiger partial charge in [-0.2, -0.15) is 5.26 Å². The Morgan fingerprint density at radius 1 is 1.41 bits per heavy atom. The van der Waals surface area contributed by atoms with Gasteiger partial charge in [-0.3, -0.25) is 0 Å². The van der Waals surface area contributed by atoms with Crippen molar-refractivity contribution in [2.45, 2.75) is 27.7 Å². The molecule has 0 radical (unpaired) electrons. The third kappa shape index (κ3) is 3.38. The van der Waals surface area contributed by atoms with E-state index in [0.717, 1.165) is 12.2 Å². The van der Waals surface area contributed by atoms with Gasteiger partial charge in [0.05, 0.1) is 16.3 Å². The monoisotopic (exact) mass is 250 g/mol. The second kappa shape index (κ2) is 5.42. The van der Waals surface area contributed by atoms with Crippen LogP contribution in [-0.2, 0) is 0 Å². The minimum atomic E-state index is 0.176. The highest BCUT2D eigenvalue weighted by atomic mass is 35.5. The number of hydrogen-bond acceptors (Lipinski definition) is 2. The van der Waals surface area contributed by atoms with E-state index in [1.807, 2.05) is 12.1 Å². The summed E-state index contributed by atoms with van der Waals surface area (Å²) in [5.41, 5.74) is 1.51. The van der Waals surface area contributed by atoms with Gasteiger partial charge in [-0.1, -0.05) is 45.4 Å². The van der Waals surface area contributed by atoms with Gasteiger partial charge in [0.15, 0.2) is 0 Å².